The summed E-state index contributed by atoms with van der Waals surface area (Å²) in [5.74, 6) is 0. The fourth-order valence-corrected chi connectivity index (χ4v) is 0.830. The first-order valence-electron chi connectivity index (χ1n) is 3.20. The Balaban J connectivity index is 3.38. The van der Waals surface area contributed by atoms with Crippen molar-refractivity contribution >= 4 is 6.29 Å². The molecule has 0 bridgehead atoms. The van der Waals surface area contributed by atoms with Crippen molar-refractivity contribution in [2.24, 2.45) is 0 Å². The zero-order valence-corrected chi connectivity index (χ0v) is 6.18. The molecule has 1 rings (SSSR count). The van der Waals surface area contributed by atoms with Crippen molar-refractivity contribution in [2.45, 2.75) is 6.18 Å². The molecule has 0 spiro atoms. The van der Waals surface area contributed by atoms with Gasteiger partial charge in [-0.05, 0) is 0 Å². The highest BCUT2D eigenvalue weighted by molar-refractivity contribution is 5.77. The van der Waals surface area contributed by atoms with E-state index in [4.69, 9.17) is 0 Å². The second kappa shape index (κ2) is 3.04. The Hall–Kier alpha value is -1.59. The average molecular weight is 191 g/mol. The van der Waals surface area contributed by atoms with Gasteiger partial charge in [0.1, 0.15) is 0 Å². The predicted molar refractivity (Wildman–Crippen MR) is 37.5 cm³/mol. The van der Waals surface area contributed by atoms with E-state index in [1.807, 2.05) is 4.98 Å². The van der Waals surface area contributed by atoms with E-state index in [1.54, 1.807) is 0 Å². The third-order valence-electron chi connectivity index (χ3n) is 1.39. The third kappa shape index (κ3) is 1.95. The van der Waals surface area contributed by atoms with Crippen LogP contribution in [0.25, 0.3) is 0 Å². The fourth-order valence-electron chi connectivity index (χ4n) is 0.830. The number of nitrogens with one attached hydrogen (secondary N) is 1. The second-order valence-corrected chi connectivity index (χ2v) is 2.28. The standard InChI is InChI=1S/C7H4F3NO2/c8-7(9,10)5-2-11-6(13)1-4(5)3-12/h1-3H,(H,11,13). The van der Waals surface area contributed by atoms with E-state index >= 15 is 0 Å². The van der Waals surface area contributed by atoms with E-state index in [0.29, 0.717) is 12.3 Å². The topological polar surface area (TPSA) is 49.9 Å². The van der Waals surface area contributed by atoms with Crippen molar-refractivity contribution in [3.8, 4) is 0 Å². The molecule has 0 aromatic carbocycles. The molecule has 1 N–H and O–H groups in total. The lowest BCUT2D eigenvalue weighted by molar-refractivity contribution is -0.138. The van der Waals surface area contributed by atoms with Crippen LogP contribution in [-0.4, -0.2) is 11.3 Å². The van der Waals surface area contributed by atoms with E-state index in [1.165, 1.54) is 0 Å². The molecule has 1 heterocycles. The van der Waals surface area contributed by atoms with Crippen LogP contribution in [0.4, 0.5) is 13.2 Å². The number of rotatable bonds is 1. The summed E-state index contributed by atoms with van der Waals surface area (Å²) in [6.45, 7) is 0. The number of aldehydes is 1. The Labute approximate surface area is 70.2 Å². The Kier molecular flexibility index (Phi) is 2.22. The molecule has 0 aliphatic rings. The molecule has 0 saturated heterocycles. The number of hydrogen-bond donors (Lipinski definition) is 1. The number of pyridine rings is 1. The molecule has 0 aliphatic heterocycles. The van der Waals surface area contributed by atoms with Crippen LogP contribution in [0.1, 0.15) is 15.9 Å². The second-order valence-electron chi connectivity index (χ2n) is 2.28. The number of aromatic amines is 1. The van der Waals surface area contributed by atoms with E-state index in [2.05, 4.69) is 0 Å². The minimum atomic E-state index is -4.62. The van der Waals surface area contributed by atoms with Crippen LogP contribution >= 0.6 is 0 Å². The molecule has 1 aromatic rings. The van der Waals surface area contributed by atoms with E-state index in [-0.39, 0.29) is 6.29 Å². The van der Waals surface area contributed by atoms with Gasteiger partial charge in [-0.3, -0.25) is 9.59 Å². The summed E-state index contributed by atoms with van der Waals surface area (Å²) >= 11 is 0. The lowest BCUT2D eigenvalue weighted by Crippen LogP contribution is -2.14. The summed E-state index contributed by atoms with van der Waals surface area (Å²) in [5, 5.41) is 0. The maximum absolute atomic E-state index is 12.1. The molecular formula is C7H4F3NO2. The van der Waals surface area contributed by atoms with E-state index in [0.717, 1.165) is 0 Å². The monoisotopic (exact) mass is 191 g/mol. The van der Waals surface area contributed by atoms with Crippen molar-refractivity contribution in [3.63, 3.8) is 0 Å². The van der Waals surface area contributed by atoms with Crippen molar-refractivity contribution in [2.75, 3.05) is 0 Å². The number of aromatic nitrogens is 1. The number of alkyl halides is 3. The van der Waals surface area contributed by atoms with Crippen LogP contribution in [-0.2, 0) is 6.18 Å². The smallest absolute Gasteiger partial charge is 0.328 e. The summed E-state index contributed by atoms with van der Waals surface area (Å²) in [5.41, 5.74) is -2.53. The number of halogens is 3. The van der Waals surface area contributed by atoms with Gasteiger partial charge in [0.05, 0.1) is 5.56 Å². The van der Waals surface area contributed by atoms with E-state index < -0.39 is 22.9 Å². The summed E-state index contributed by atoms with van der Waals surface area (Å²) in [6.07, 6.45) is -4.15. The van der Waals surface area contributed by atoms with Crippen molar-refractivity contribution < 1.29 is 18.0 Å². The van der Waals surface area contributed by atoms with Gasteiger partial charge in [-0.1, -0.05) is 0 Å². The van der Waals surface area contributed by atoms with E-state index in [9.17, 15) is 22.8 Å². The molecule has 0 radical (unpaired) electrons. The lowest BCUT2D eigenvalue weighted by atomic mass is 10.1. The molecule has 0 amide bonds. The first-order chi connectivity index (χ1) is 5.95. The zero-order valence-electron chi connectivity index (χ0n) is 6.18. The van der Waals surface area contributed by atoms with Gasteiger partial charge in [0.15, 0.2) is 6.29 Å². The van der Waals surface area contributed by atoms with Gasteiger partial charge in [0.25, 0.3) is 0 Å². The minimum absolute atomic E-state index is 0.00192. The van der Waals surface area contributed by atoms with Crippen LogP contribution in [0.5, 0.6) is 0 Å². The molecule has 0 atom stereocenters. The summed E-state index contributed by atoms with van der Waals surface area (Å²) in [7, 11) is 0. The zero-order chi connectivity index (χ0) is 10.1. The average Bonchev–Trinajstić information content (AvgIpc) is 2.01. The fraction of sp³-hybridized carbons (Fsp3) is 0.143. The lowest BCUT2D eigenvalue weighted by Gasteiger charge is -2.07. The molecule has 0 saturated carbocycles. The normalized spacial score (nSPS) is 11.3. The molecular weight excluding hydrogens is 187 g/mol. The molecule has 70 valence electrons. The van der Waals surface area contributed by atoms with Crippen molar-refractivity contribution in [1.82, 2.24) is 4.98 Å². The molecule has 6 heteroatoms. The van der Waals surface area contributed by atoms with Crippen LogP contribution < -0.4 is 5.56 Å². The number of carbonyl (C=O) groups excluding carboxylic acids is 1. The van der Waals surface area contributed by atoms with Gasteiger partial charge in [-0.25, -0.2) is 0 Å². The van der Waals surface area contributed by atoms with Gasteiger partial charge in [-0.2, -0.15) is 13.2 Å². The maximum atomic E-state index is 12.1. The summed E-state index contributed by atoms with van der Waals surface area (Å²) in [6, 6.07) is 0.607. The summed E-state index contributed by atoms with van der Waals surface area (Å²) < 4.78 is 36.3. The van der Waals surface area contributed by atoms with Crippen LogP contribution in [0.3, 0.4) is 0 Å². The minimum Gasteiger partial charge on any atom is -0.328 e. The van der Waals surface area contributed by atoms with Gasteiger partial charge in [0.2, 0.25) is 5.56 Å². The highest BCUT2D eigenvalue weighted by atomic mass is 19.4. The van der Waals surface area contributed by atoms with Gasteiger partial charge in [-0.15, -0.1) is 0 Å². The third-order valence-corrected chi connectivity index (χ3v) is 1.39. The molecule has 0 unspecified atom stereocenters. The highest BCUT2D eigenvalue weighted by Gasteiger charge is 2.33. The molecule has 0 fully saturated rings. The Morgan fingerprint density at radius 2 is 2.00 bits per heavy atom. The molecule has 13 heavy (non-hydrogen) atoms. The first-order valence-corrected chi connectivity index (χ1v) is 3.20. The first kappa shape index (κ1) is 9.50. The summed E-state index contributed by atoms with van der Waals surface area (Å²) in [4.78, 5) is 22.6. The number of H-pyrrole nitrogens is 1. The van der Waals surface area contributed by atoms with Crippen molar-refractivity contribution in [3.05, 3.63) is 33.7 Å². The van der Waals surface area contributed by atoms with Gasteiger partial charge >= 0.3 is 6.18 Å². The Bertz CT molecular complexity index is 380. The predicted octanol–water partition coefficient (Wildman–Crippen LogP) is 1.21. The molecule has 0 aliphatic carbocycles. The van der Waals surface area contributed by atoms with Crippen LogP contribution in [0, 0.1) is 0 Å². The van der Waals surface area contributed by atoms with Crippen LogP contribution in [0.2, 0.25) is 0 Å². The maximum Gasteiger partial charge on any atom is 0.418 e. The highest BCUT2D eigenvalue weighted by Crippen LogP contribution is 2.29. The van der Waals surface area contributed by atoms with Crippen molar-refractivity contribution in [1.29, 1.82) is 0 Å². The number of carbonyl (C=O) groups is 1. The van der Waals surface area contributed by atoms with Gasteiger partial charge in [0, 0.05) is 17.8 Å². The largest absolute Gasteiger partial charge is 0.418 e. The SMILES string of the molecule is O=Cc1cc(=O)[nH]cc1C(F)(F)F. The molecule has 3 nitrogen and oxygen atoms in total. The Morgan fingerprint density at radius 1 is 1.38 bits per heavy atom. The Morgan fingerprint density at radius 3 is 2.46 bits per heavy atom. The van der Waals surface area contributed by atoms with Crippen LogP contribution in [0.15, 0.2) is 17.1 Å². The quantitative estimate of drug-likeness (QED) is 0.678. The van der Waals surface area contributed by atoms with Gasteiger partial charge < -0.3 is 4.98 Å². The molecule has 1 aromatic heterocycles. The number of hydrogen-bond acceptors (Lipinski definition) is 2.